The Kier molecular flexibility index (Phi) is 43.3. The van der Waals surface area contributed by atoms with E-state index in [-0.39, 0.29) is 67.9 Å². The summed E-state index contributed by atoms with van der Waals surface area (Å²) >= 11 is 0. The molecule has 2 amide bonds. The van der Waals surface area contributed by atoms with Crippen molar-refractivity contribution >= 4 is 57.6 Å². The molecule has 2 aliphatic carbocycles. The number of methoxy groups -OCH3 is 3. The van der Waals surface area contributed by atoms with E-state index < -0.39 is 102 Å². The zero-order chi connectivity index (χ0) is 89.6. The number of hydrogen-bond acceptors (Lipinski definition) is 29. The van der Waals surface area contributed by atoms with Crippen molar-refractivity contribution in [2.75, 3.05) is 159 Å². The van der Waals surface area contributed by atoms with Crippen LogP contribution >= 0.6 is 0 Å². The summed E-state index contributed by atoms with van der Waals surface area (Å²) < 4.78 is 88.3. The van der Waals surface area contributed by atoms with Crippen LogP contribution in [-0.4, -0.2) is 294 Å². The molecule has 2 bridgehead atoms. The summed E-state index contributed by atoms with van der Waals surface area (Å²) in [5, 5.41) is 42.9. The van der Waals surface area contributed by atoms with Crippen LogP contribution in [0.15, 0.2) is 78.2 Å². The second kappa shape index (κ2) is 53.4. The molecule has 15 atom stereocenters. The minimum absolute atomic E-state index is 0.0162. The van der Waals surface area contributed by atoms with Crippen molar-refractivity contribution in [3.8, 4) is 17.1 Å². The van der Waals surface area contributed by atoms with Gasteiger partial charge in [0.05, 0.1) is 149 Å². The number of benzene rings is 1. The standard InChI is InChI=1S/C92H141N9O24/c1-60-17-11-10-12-18-62(3)78(112-8)58-70-30-24-65(6)92(110,125-70)86(106)89(107)100-34-14-13-20-73(100)90(108)123-75(31-23-61(2)54-64(5)84(104)85(105)83(103)63(4)53-60)71(93)55-66-25-32-76(79(56-66)113-9)124-91(109)95-33-36-115-38-40-117-42-44-119-46-48-121-50-52-122-51-49-120-47-45-118-43-41-116-39-37-114-35-16-21-74(102)67-26-28-68(29-27-67)88-99-81(82-87(94)96-59-97-101(82)88)72-57-69-19-15-22-77(111-7)80(69)98-72/h10-12,15,17-19,22,54,57,59-61,63,65-68,70-71,73,75-76,78-79,84-85,98,104-105,110H,13-14,16,20-21,23-53,55-56,58,93H2,1-9H3,(H,95,109)(H2,94,96,97)/b12-10+,17-11+,62-18+,64-54+/t60-,61+,63-,65-,66+,67-,68-,70+,71-,73+,75+,76-,78+,79-,84-,85+,92-/m1/s1. The number of hydrogen-bond donors (Lipinski definition) is 7. The van der Waals surface area contributed by atoms with Crippen LogP contribution in [0.1, 0.15) is 175 Å². The number of allylic oxidation sites excluding steroid dienone is 6. The Bertz CT molecular complexity index is 4090. The number of alkyl carbamates (subject to hydrolysis) is 1. The predicted molar refractivity (Wildman–Crippen MR) is 466 cm³/mol. The summed E-state index contributed by atoms with van der Waals surface area (Å²) in [7, 11) is 4.77. The molecule has 3 aromatic heterocycles. The van der Waals surface area contributed by atoms with Crippen molar-refractivity contribution in [2.45, 2.75) is 230 Å². The normalized spacial score (nSPS) is 28.6. The van der Waals surface area contributed by atoms with E-state index in [4.69, 9.17) is 87.5 Å². The highest BCUT2D eigenvalue weighted by molar-refractivity contribution is 6.39. The molecule has 2 saturated carbocycles. The topological polar surface area (TPSA) is 428 Å². The van der Waals surface area contributed by atoms with Gasteiger partial charge in [-0.1, -0.05) is 76.3 Å². The fourth-order valence-electron chi connectivity index (χ4n) is 17.3. The first-order valence-corrected chi connectivity index (χ1v) is 45.1. The van der Waals surface area contributed by atoms with Crippen molar-refractivity contribution in [2.24, 2.45) is 41.2 Å². The van der Waals surface area contributed by atoms with Crippen molar-refractivity contribution in [1.82, 2.24) is 34.8 Å². The van der Waals surface area contributed by atoms with Gasteiger partial charge in [-0.15, -0.1) is 0 Å². The summed E-state index contributed by atoms with van der Waals surface area (Å²) in [5.74, 6) is -5.15. The average molecular weight is 1760 g/mol. The molecule has 6 heterocycles. The van der Waals surface area contributed by atoms with E-state index in [1.807, 2.05) is 79.9 Å². The van der Waals surface area contributed by atoms with Crippen molar-refractivity contribution in [3.63, 3.8) is 0 Å². The number of amides is 2. The highest BCUT2D eigenvalue weighted by Gasteiger charge is 2.53. The van der Waals surface area contributed by atoms with Gasteiger partial charge < -0.3 is 113 Å². The molecular weight excluding hydrogens is 1620 g/mol. The summed E-state index contributed by atoms with van der Waals surface area (Å²) in [6.45, 7) is 18.3. The average Bonchev–Trinajstić information content (AvgIpc) is 1.60. The lowest BCUT2D eigenvalue weighted by Crippen LogP contribution is -2.61. The molecule has 3 aliphatic heterocycles. The van der Waals surface area contributed by atoms with E-state index in [1.54, 1.807) is 48.2 Å². The van der Waals surface area contributed by atoms with Crippen LogP contribution in [0.2, 0.25) is 0 Å². The Morgan fingerprint density at radius 2 is 1.33 bits per heavy atom. The number of esters is 1. The summed E-state index contributed by atoms with van der Waals surface area (Å²) in [4.78, 5) is 97.4. The Morgan fingerprint density at radius 3 is 1.96 bits per heavy atom. The van der Waals surface area contributed by atoms with Gasteiger partial charge in [0.1, 0.15) is 65.4 Å². The zero-order valence-corrected chi connectivity index (χ0v) is 75.0. The molecule has 4 aromatic rings. The molecule has 4 fully saturated rings. The Labute approximate surface area is 735 Å². The van der Waals surface area contributed by atoms with Crippen LogP contribution in [0, 0.1) is 35.5 Å². The van der Waals surface area contributed by atoms with Gasteiger partial charge in [0.15, 0.2) is 11.6 Å². The number of H-pyrrole nitrogens is 1. The van der Waals surface area contributed by atoms with Crippen LogP contribution in [0.25, 0.3) is 27.8 Å². The number of nitrogens with one attached hydrogen (secondary N) is 2. The summed E-state index contributed by atoms with van der Waals surface area (Å²) in [5.41, 5.74) is 17.8. The van der Waals surface area contributed by atoms with Gasteiger partial charge >= 0.3 is 12.1 Å². The molecule has 9 N–H and O–H groups in total. The number of piperidine rings is 1. The third-order valence-corrected chi connectivity index (χ3v) is 24.6. The van der Waals surface area contributed by atoms with E-state index in [1.165, 1.54) is 11.2 Å². The molecule has 698 valence electrons. The number of ketones is 3. The molecule has 125 heavy (non-hydrogen) atoms. The van der Waals surface area contributed by atoms with Crippen LogP contribution < -0.4 is 21.5 Å². The number of carbonyl (C=O) groups excluding carboxylic acids is 6. The van der Waals surface area contributed by atoms with E-state index in [2.05, 4.69) is 20.4 Å². The van der Waals surface area contributed by atoms with Crippen LogP contribution in [0.4, 0.5) is 10.6 Å². The second-order valence-electron chi connectivity index (χ2n) is 33.9. The van der Waals surface area contributed by atoms with Gasteiger partial charge in [-0.25, -0.2) is 24.1 Å². The maximum atomic E-state index is 14.7. The van der Waals surface area contributed by atoms with Gasteiger partial charge in [-0.05, 0) is 164 Å². The minimum atomic E-state index is -2.46. The lowest BCUT2D eigenvalue weighted by molar-refractivity contribution is -0.265. The number of aromatic amines is 1. The fourth-order valence-corrected chi connectivity index (χ4v) is 17.3. The highest BCUT2D eigenvalue weighted by atomic mass is 16.6. The van der Waals surface area contributed by atoms with E-state index in [9.17, 15) is 44.1 Å². The first-order chi connectivity index (χ1) is 60.4. The maximum Gasteiger partial charge on any atom is 0.407 e. The number of ether oxygens (including phenoxy) is 15. The van der Waals surface area contributed by atoms with Crippen molar-refractivity contribution in [1.29, 1.82) is 0 Å². The predicted octanol–water partition coefficient (Wildman–Crippen LogP) is 9.42. The van der Waals surface area contributed by atoms with Crippen LogP contribution in [0.5, 0.6) is 5.75 Å². The number of imidazole rings is 1. The van der Waals surface area contributed by atoms with E-state index in [0.717, 1.165) is 59.4 Å². The zero-order valence-electron chi connectivity index (χ0n) is 75.0. The smallest absolute Gasteiger partial charge is 0.407 e. The number of nitrogen functional groups attached to an aromatic ring is 1. The number of nitrogens with zero attached hydrogens (tertiary/aromatic N) is 5. The maximum absolute atomic E-state index is 14.7. The molecule has 5 aliphatic rings. The Balaban J connectivity index is 0.571. The highest BCUT2D eigenvalue weighted by Crippen LogP contribution is 2.42. The van der Waals surface area contributed by atoms with Gasteiger partial charge in [-0.3, -0.25) is 19.2 Å². The molecule has 1 aromatic carbocycles. The number of aromatic nitrogens is 5. The van der Waals surface area contributed by atoms with Gasteiger partial charge in [0.2, 0.25) is 5.79 Å². The lowest BCUT2D eigenvalue weighted by atomic mass is 9.79. The number of fused-ring (bicyclic) bond motifs is 5. The van der Waals surface area contributed by atoms with Gasteiger partial charge in [0, 0.05) is 81.9 Å². The first-order valence-electron chi connectivity index (χ1n) is 45.1. The minimum Gasteiger partial charge on any atom is -0.495 e. The van der Waals surface area contributed by atoms with E-state index in [0.29, 0.717) is 218 Å². The number of rotatable bonds is 41. The van der Waals surface area contributed by atoms with Crippen molar-refractivity contribution < 1.29 is 115 Å². The molecule has 33 nitrogen and oxygen atoms in total. The quantitative estimate of drug-likeness (QED) is 0.00940. The largest absolute Gasteiger partial charge is 0.495 e. The SMILES string of the molecule is COc1cccc2cc(-c3nc([C@H]4CC[C@H](C(=O)CCCOCCOCCOCCOCCOCCOCCOCCOCCOCCNC(=O)O[C@@H]5CC[C@@H](C[C@@H](N)[C@@H]6CC[C@H](C)/C=C(\C)[C@@H](O)[C@@H](O)C(=O)[C@H](C)C[C@H](C)/C=C/C=C/C=C(\C)[C@@H](OC)C[C@@H]7CC[C@@H](C)[C@@](O)(O7)C(=O)C(=O)N7CCCC[C@H]7C(=O)O6)C[C@H]5OC)CC4)n4ncnc(N)c34)[nH]c12. The van der Waals surface area contributed by atoms with E-state index >= 15 is 0 Å². The van der Waals surface area contributed by atoms with Crippen LogP contribution in [0.3, 0.4) is 0 Å². The number of aliphatic hydroxyl groups excluding tert-OH is 2. The number of cyclic esters (lactones) is 1. The molecular formula is C92H141N9O24. The van der Waals surface area contributed by atoms with Crippen LogP contribution in [-0.2, 0) is 90.3 Å². The Morgan fingerprint density at radius 1 is 0.688 bits per heavy atom. The summed E-state index contributed by atoms with van der Waals surface area (Å²) in [6.07, 6.45) is 15.8. The number of para-hydroxylation sites is 1. The molecule has 2 saturated heterocycles. The molecule has 0 radical (unpaired) electrons. The third kappa shape index (κ3) is 31.1. The Hall–Kier alpha value is -7.55. The molecule has 0 spiro atoms. The second-order valence-corrected chi connectivity index (χ2v) is 33.9. The number of aliphatic hydroxyl groups is 3. The fraction of sp³-hybridized carbons (Fsp3) is 0.707. The molecule has 33 heteroatoms. The van der Waals surface area contributed by atoms with Crippen molar-refractivity contribution in [3.05, 3.63) is 84.0 Å². The molecule has 0 unspecified atom stereocenters. The summed E-state index contributed by atoms with van der Waals surface area (Å²) in [6, 6.07) is 6.02. The monoisotopic (exact) mass is 1760 g/mol. The lowest BCUT2D eigenvalue weighted by Gasteiger charge is -2.42. The first kappa shape index (κ1) is 101. The number of nitrogens with two attached hydrogens (primary N) is 2. The number of anilines is 1. The molecule has 9 rings (SSSR count). The van der Waals surface area contributed by atoms with Gasteiger partial charge in [0.25, 0.3) is 11.7 Å². The van der Waals surface area contributed by atoms with Gasteiger partial charge in [-0.2, -0.15) is 5.10 Å². The number of Topliss-reactive ketones (excluding diaryl/α,β-unsaturated/α-hetero) is 3. The number of carbonyl (C=O) groups is 6. The third-order valence-electron chi connectivity index (χ3n) is 24.6.